The third-order valence-electron chi connectivity index (χ3n) is 5.91. The molecule has 0 spiro atoms. The summed E-state index contributed by atoms with van der Waals surface area (Å²) >= 11 is 0. The van der Waals surface area contributed by atoms with Crippen LogP contribution in [0.1, 0.15) is 13.8 Å². The average Bonchev–Trinajstić information content (AvgIpc) is 3.08. The average molecular weight is 463 g/mol. The van der Waals surface area contributed by atoms with E-state index >= 15 is 0 Å². The number of likely N-dealkylation sites (N-methyl/N-ethyl adjacent to an activating group) is 2. The summed E-state index contributed by atoms with van der Waals surface area (Å²) in [7, 11) is -0.711. The Balaban J connectivity index is 1.63. The molecule has 8 nitrogen and oxygen atoms in total. The fourth-order valence-corrected chi connectivity index (χ4v) is 5.62. The van der Waals surface area contributed by atoms with Crippen LogP contribution in [0.2, 0.25) is 0 Å². The molecule has 2 aliphatic rings. The van der Waals surface area contributed by atoms with Crippen molar-refractivity contribution in [2.24, 2.45) is 0 Å². The van der Waals surface area contributed by atoms with Gasteiger partial charge in [-0.1, -0.05) is 36.4 Å². The van der Waals surface area contributed by atoms with Gasteiger partial charge < -0.3 is 18.9 Å². The minimum atomic E-state index is -3.82. The molecule has 0 saturated carbocycles. The minimum Gasteiger partial charge on any atom is -0.492 e. The van der Waals surface area contributed by atoms with Gasteiger partial charge in [-0.3, -0.25) is 0 Å². The fraction of sp³-hybridized carbons (Fsp3) is 0.478. The van der Waals surface area contributed by atoms with Gasteiger partial charge in [-0.25, -0.2) is 0 Å². The molecule has 0 radical (unpaired) electrons. The summed E-state index contributed by atoms with van der Waals surface area (Å²) in [4.78, 5) is 0. The van der Waals surface area contributed by atoms with Crippen LogP contribution < -0.4 is 9.47 Å². The Kier molecular flexibility index (Phi) is 6.46. The van der Waals surface area contributed by atoms with E-state index < -0.39 is 40.3 Å². The summed E-state index contributed by atoms with van der Waals surface area (Å²) in [6, 6.07) is 17.4. The lowest BCUT2D eigenvalue weighted by Gasteiger charge is -2.32. The first kappa shape index (κ1) is 23.0. The quantitative estimate of drug-likeness (QED) is 0.657. The van der Waals surface area contributed by atoms with Crippen LogP contribution in [-0.2, 0) is 19.7 Å². The van der Waals surface area contributed by atoms with Crippen molar-refractivity contribution in [3.05, 3.63) is 60.7 Å². The fourth-order valence-electron chi connectivity index (χ4n) is 4.17. The van der Waals surface area contributed by atoms with Crippen molar-refractivity contribution in [3.8, 4) is 11.5 Å². The Labute approximate surface area is 189 Å². The van der Waals surface area contributed by atoms with E-state index in [0.717, 1.165) is 0 Å². The lowest BCUT2D eigenvalue weighted by atomic mass is 10.00. The first-order chi connectivity index (χ1) is 15.2. The summed E-state index contributed by atoms with van der Waals surface area (Å²) in [5.41, 5.74) is 0. The van der Waals surface area contributed by atoms with Gasteiger partial charge in [-0.2, -0.15) is 17.0 Å². The Bertz CT molecular complexity index is 928. The standard InChI is InChI=1S/C23H30N2O6S/c1-23(2)30-21-19(15-28-17-11-7-5-8-12-17)24(3)32(26,27)25(4)20(22(21)31-23)16-29-18-13-9-6-10-14-18/h5-14,19-22H,15-16H2,1-4H3/t19-,20-,21+,22+/m1/s1. The molecule has 4 atom stereocenters. The van der Waals surface area contributed by atoms with Gasteiger partial charge in [0, 0.05) is 14.1 Å². The third kappa shape index (κ3) is 4.62. The maximum absolute atomic E-state index is 13.4. The van der Waals surface area contributed by atoms with Crippen LogP contribution in [0.15, 0.2) is 60.7 Å². The highest BCUT2D eigenvalue weighted by Crippen LogP contribution is 2.38. The number of ether oxygens (including phenoxy) is 4. The zero-order valence-corrected chi connectivity index (χ0v) is 19.6. The van der Waals surface area contributed by atoms with Gasteiger partial charge in [0.1, 0.15) is 36.9 Å². The molecule has 2 fully saturated rings. The summed E-state index contributed by atoms with van der Waals surface area (Å²) in [6.45, 7) is 3.92. The molecule has 0 unspecified atom stereocenters. The molecule has 32 heavy (non-hydrogen) atoms. The van der Waals surface area contributed by atoms with Crippen molar-refractivity contribution in [3.63, 3.8) is 0 Å². The molecule has 0 N–H and O–H groups in total. The van der Waals surface area contributed by atoms with E-state index in [2.05, 4.69) is 0 Å². The van der Waals surface area contributed by atoms with E-state index in [-0.39, 0.29) is 13.2 Å². The highest BCUT2D eigenvalue weighted by Gasteiger charge is 2.56. The zero-order valence-electron chi connectivity index (χ0n) is 18.7. The minimum absolute atomic E-state index is 0.125. The third-order valence-corrected chi connectivity index (χ3v) is 7.91. The predicted molar refractivity (Wildman–Crippen MR) is 120 cm³/mol. The summed E-state index contributed by atoms with van der Waals surface area (Å²) in [5.74, 6) is 0.456. The highest BCUT2D eigenvalue weighted by atomic mass is 32.2. The molecule has 2 heterocycles. The maximum Gasteiger partial charge on any atom is 0.282 e. The maximum atomic E-state index is 13.4. The molecule has 9 heteroatoms. The largest absolute Gasteiger partial charge is 0.492 e. The second-order valence-electron chi connectivity index (χ2n) is 8.49. The van der Waals surface area contributed by atoms with E-state index in [1.54, 1.807) is 14.1 Å². The molecular weight excluding hydrogens is 432 g/mol. The second-order valence-corrected chi connectivity index (χ2v) is 10.5. The Morgan fingerprint density at radius 2 is 1.16 bits per heavy atom. The zero-order chi connectivity index (χ0) is 22.9. The summed E-state index contributed by atoms with van der Waals surface area (Å²) in [6.07, 6.45) is -1.08. The monoisotopic (exact) mass is 462 g/mol. The van der Waals surface area contributed by atoms with Crippen molar-refractivity contribution < 1.29 is 27.4 Å². The van der Waals surface area contributed by atoms with Gasteiger partial charge in [-0.05, 0) is 38.1 Å². The van der Waals surface area contributed by atoms with Crippen LogP contribution in [-0.4, -0.2) is 74.4 Å². The van der Waals surface area contributed by atoms with Crippen LogP contribution in [0.25, 0.3) is 0 Å². The topological polar surface area (TPSA) is 77.5 Å². The smallest absolute Gasteiger partial charge is 0.282 e. The van der Waals surface area contributed by atoms with E-state index in [0.29, 0.717) is 11.5 Å². The van der Waals surface area contributed by atoms with Crippen LogP contribution in [0.4, 0.5) is 0 Å². The Hall–Kier alpha value is -2.17. The van der Waals surface area contributed by atoms with Crippen molar-refractivity contribution in [2.75, 3.05) is 27.3 Å². The molecule has 2 saturated heterocycles. The Morgan fingerprint density at radius 3 is 1.53 bits per heavy atom. The molecular formula is C23H30N2O6S. The van der Waals surface area contributed by atoms with Crippen LogP contribution in [0, 0.1) is 0 Å². The molecule has 4 rings (SSSR count). The first-order valence-corrected chi connectivity index (χ1v) is 12.0. The highest BCUT2D eigenvalue weighted by molar-refractivity contribution is 7.86. The first-order valence-electron chi connectivity index (χ1n) is 10.6. The predicted octanol–water partition coefficient (Wildman–Crippen LogP) is 2.52. The van der Waals surface area contributed by atoms with Crippen LogP contribution in [0.3, 0.4) is 0 Å². The molecule has 0 bridgehead atoms. The van der Waals surface area contributed by atoms with Gasteiger partial charge in [0.25, 0.3) is 10.2 Å². The molecule has 0 aliphatic carbocycles. The second kappa shape index (κ2) is 8.99. The molecule has 2 aliphatic heterocycles. The normalized spacial score (nSPS) is 29.8. The van der Waals surface area contributed by atoms with Gasteiger partial charge in [0.2, 0.25) is 0 Å². The van der Waals surface area contributed by atoms with Crippen molar-refractivity contribution in [1.82, 2.24) is 8.61 Å². The molecule has 174 valence electrons. The van der Waals surface area contributed by atoms with Gasteiger partial charge in [0.15, 0.2) is 5.79 Å². The number of para-hydroxylation sites is 2. The molecule has 0 aromatic heterocycles. The lowest BCUT2D eigenvalue weighted by Crippen LogP contribution is -2.50. The summed E-state index contributed by atoms with van der Waals surface area (Å²) < 4.78 is 53.8. The summed E-state index contributed by atoms with van der Waals surface area (Å²) in [5, 5.41) is 0. The van der Waals surface area contributed by atoms with Crippen molar-refractivity contribution >= 4 is 10.2 Å². The lowest BCUT2D eigenvalue weighted by molar-refractivity contribution is -0.155. The van der Waals surface area contributed by atoms with Gasteiger partial charge in [-0.15, -0.1) is 0 Å². The molecule has 2 aromatic carbocycles. The van der Waals surface area contributed by atoms with E-state index in [9.17, 15) is 8.42 Å². The van der Waals surface area contributed by atoms with Gasteiger partial charge in [0.05, 0.1) is 12.1 Å². The van der Waals surface area contributed by atoms with E-state index in [4.69, 9.17) is 18.9 Å². The molecule has 2 aromatic rings. The SMILES string of the molecule is CN1[C@H](COc2ccccc2)[C@@H]2OC(C)(C)O[C@H]2[C@@H](COc2ccccc2)N(C)S1(=O)=O. The number of nitrogens with zero attached hydrogens (tertiary/aromatic N) is 2. The van der Waals surface area contributed by atoms with Crippen LogP contribution in [0.5, 0.6) is 11.5 Å². The van der Waals surface area contributed by atoms with Crippen molar-refractivity contribution in [2.45, 2.75) is 43.9 Å². The van der Waals surface area contributed by atoms with Crippen LogP contribution >= 0.6 is 0 Å². The number of fused-ring (bicyclic) bond motifs is 1. The van der Waals surface area contributed by atoms with E-state index in [1.807, 2.05) is 74.5 Å². The number of hydrogen-bond donors (Lipinski definition) is 0. The number of hydrogen-bond acceptors (Lipinski definition) is 6. The van der Waals surface area contributed by atoms with E-state index in [1.165, 1.54) is 8.61 Å². The van der Waals surface area contributed by atoms with Crippen molar-refractivity contribution in [1.29, 1.82) is 0 Å². The number of benzene rings is 2. The van der Waals surface area contributed by atoms with Gasteiger partial charge >= 0.3 is 0 Å². The molecule has 0 amide bonds. The Morgan fingerprint density at radius 1 is 0.781 bits per heavy atom. The number of rotatable bonds is 6.